The summed E-state index contributed by atoms with van der Waals surface area (Å²) in [5.74, 6) is -0.144. The molecule has 3 rings (SSSR count). The van der Waals surface area contributed by atoms with Crippen LogP contribution in [0.25, 0.3) is 0 Å². The Morgan fingerprint density at radius 1 is 0.951 bits per heavy atom. The standard InChI is InChI=1S/C31H39N3O5S2/c1-7-23(3)32-31(36)24(4)33(20-25-10-14-27(39-5)15-11-25)30(35)21-34(26-12-8-22(2)9-13-26)41(37,38)29-18-16-28(40-6)17-19-29/h8-19,23-24H,7,20-21H2,1-6H3,(H,32,36)/t23-,24-/m1/s1. The van der Waals surface area contributed by atoms with Crippen molar-refractivity contribution in [3.05, 3.63) is 83.9 Å². The van der Waals surface area contributed by atoms with E-state index in [1.807, 2.05) is 39.2 Å². The maximum atomic E-state index is 14.0. The van der Waals surface area contributed by atoms with Gasteiger partial charge in [-0.1, -0.05) is 36.8 Å². The molecule has 0 saturated heterocycles. The first kappa shape index (κ1) is 32.0. The molecular weight excluding hydrogens is 558 g/mol. The van der Waals surface area contributed by atoms with E-state index in [0.717, 1.165) is 26.7 Å². The Bertz CT molecular complexity index is 1410. The highest BCUT2D eigenvalue weighted by Gasteiger charge is 2.32. The monoisotopic (exact) mass is 597 g/mol. The fraction of sp³-hybridized carbons (Fsp3) is 0.355. The van der Waals surface area contributed by atoms with Crippen molar-refractivity contribution in [3.63, 3.8) is 0 Å². The van der Waals surface area contributed by atoms with Crippen LogP contribution in [-0.4, -0.2) is 57.1 Å². The van der Waals surface area contributed by atoms with E-state index in [9.17, 15) is 18.0 Å². The molecule has 2 atom stereocenters. The number of amides is 2. The number of anilines is 1. The van der Waals surface area contributed by atoms with E-state index in [0.29, 0.717) is 11.4 Å². The molecular formula is C31H39N3O5S2. The maximum Gasteiger partial charge on any atom is 0.264 e. The van der Waals surface area contributed by atoms with Gasteiger partial charge in [0.2, 0.25) is 11.8 Å². The van der Waals surface area contributed by atoms with Crippen molar-refractivity contribution in [2.45, 2.75) is 62.5 Å². The quantitative estimate of drug-likeness (QED) is 0.270. The molecule has 3 aromatic carbocycles. The third kappa shape index (κ3) is 8.27. The minimum absolute atomic E-state index is 0.0726. The summed E-state index contributed by atoms with van der Waals surface area (Å²) in [5, 5.41) is 2.94. The molecule has 0 heterocycles. The molecule has 1 N–H and O–H groups in total. The van der Waals surface area contributed by atoms with Crippen LogP contribution in [0.15, 0.2) is 82.6 Å². The van der Waals surface area contributed by atoms with Gasteiger partial charge in [0, 0.05) is 17.5 Å². The van der Waals surface area contributed by atoms with Gasteiger partial charge in [-0.25, -0.2) is 8.42 Å². The Morgan fingerprint density at radius 3 is 2.10 bits per heavy atom. The van der Waals surface area contributed by atoms with Crippen LogP contribution in [0.3, 0.4) is 0 Å². The molecule has 0 spiro atoms. The van der Waals surface area contributed by atoms with E-state index in [1.165, 1.54) is 16.7 Å². The second-order valence-corrected chi connectivity index (χ2v) is 12.6. The average molecular weight is 598 g/mol. The number of carbonyl (C=O) groups is 2. The second kappa shape index (κ2) is 14.4. The van der Waals surface area contributed by atoms with E-state index in [-0.39, 0.29) is 23.4 Å². The molecule has 0 aromatic heterocycles. The van der Waals surface area contributed by atoms with E-state index < -0.39 is 28.5 Å². The molecule has 0 radical (unpaired) electrons. The summed E-state index contributed by atoms with van der Waals surface area (Å²) >= 11 is 1.51. The topological polar surface area (TPSA) is 96.0 Å². The lowest BCUT2D eigenvalue weighted by molar-refractivity contribution is -0.139. The summed E-state index contributed by atoms with van der Waals surface area (Å²) in [6, 6.07) is 19.8. The van der Waals surface area contributed by atoms with E-state index in [1.54, 1.807) is 74.7 Å². The van der Waals surface area contributed by atoms with Gasteiger partial charge in [-0.15, -0.1) is 11.8 Å². The van der Waals surface area contributed by atoms with Gasteiger partial charge in [-0.3, -0.25) is 13.9 Å². The van der Waals surface area contributed by atoms with E-state index in [2.05, 4.69) is 5.32 Å². The number of nitrogens with one attached hydrogen (secondary N) is 1. The number of ether oxygens (including phenoxy) is 1. The largest absolute Gasteiger partial charge is 0.497 e. The van der Waals surface area contributed by atoms with Crippen LogP contribution in [0, 0.1) is 6.92 Å². The molecule has 0 bridgehead atoms. The zero-order valence-electron chi connectivity index (χ0n) is 24.5. The van der Waals surface area contributed by atoms with Crippen LogP contribution in [0.2, 0.25) is 0 Å². The van der Waals surface area contributed by atoms with Crippen LogP contribution in [-0.2, 0) is 26.2 Å². The number of nitrogens with zero attached hydrogens (tertiary/aromatic N) is 2. The number of sulfonamides is 1. The molecule has 0 fully saturated rings. The fourth-order valence-corrected chi connectivity index (χ4v) is 5.91. The highest BCUT2D eigenvalue weighted by Crippen LogP contribution is 2.26. The van der Waals surface area contributed by atoms with Gasteiger partial charge in [0.15, 0.2) is 0 Å². The SMILES string of the molecule is CC[C@@H](C)NC(=O)[C@@H](C)N(Cc1ccc(OC)cc1)C(=O)CN(c1ccc(C)cc1)S(=O)(=O)c1ccc(SC)cc1. The number of hydrogen-bond donors (Lipinski definition) is 1. The van der Waals surface area contributed by atoms with Crippen LogP contribution < -0.4 is 14.4 Å². The number of aryl methyl sites for hydroxylation is 1. The van der Waals surface area contributed by atoms with Crippen LogP contribution in [0.4, 0.5) is 5.69 Å². The summed E-state index contributed by atoms with van der Waals surface area (Å²) < 4.78 is 34.3. The minimum atomic E-state index is -4.11. The molecule has 220 valence electrons. The summed E-state index contributed by atoms with van der Waals surface area (Å²) in [4.78, 5) is 29.6. The van der Waals surface area contributed by atoms with Gasteiger partial charge in [-0.2, -0.15) is 0 Å². The number of hydrogen-bond acceptors (Lipinski definition) is 6. The summed E-state index contributed by atoms with van der Waals surface area (Å²) in [7, 11) is -2.54. The number of methoxy groups -OCH3 is 1. The molecule has 10 heteroatoms. The highest BCUT2D eigenvalue weighted by molar-refractivity contribution is 7.98. The first-order valence-electron chi connectivity index (χ1n) is 13.5. The van der Waals surface area contributed by atoms with Gasteiger partial charge in [-0.05, 0) is 87.5 Å². The lowest BCUT2D eigenvalue weighted by Crippen LogP contribution is -2.52. The Balaban J connectivity index is 2.01. The third-order valence-corrected chi connectivity index (χ3v) is 9.46. The fourth-order valence-electron chi connectivity index (χ4n) is 4.09. The van der Waals surface area contributed by atoms with Crippen molar-refractivity contribution in [1.29, 1.82) is 0 Å². The number of thioether (sulfide) groups is 1. The molecule has 0 aliphatic rings. The third-order valence-electron chi connectivity index (χ3n) is 6.93. The smallest absolute Gasteiger partial charge is 0.264 e. The van der Waals surface area contributed by atoms with Gasteiger partial charge in [0.1, 0.15) is 18.3 Å². The van der Waals surface area contributed by atoms with Crippen molar-refractivity contribution in [2.75, 3.05) is 24.2 Å². The van der Waals surface area contributed by atoms with Crippen LogP contribution in [0.5, 0.6) is 5.75 Å². The molecule has 8 nitrogen and oxygen atoms in total. The first-order chi connectivity index (χ1) is 19.5. The molecule has 0 aliphatic heterocycles. The summed E-state index contributed by atoms with van der Waals surface area (Å²) in [5.41, 5.74) is 2.09. The zero-order chi connectivity index (χ0) is 30.2. The number of rotatable bonds is 13. The zero-order valence-corrected chi connectivity index (χ0v) is 26.1. The average Bonchev–Trinajstić information content (AvgIpc) is 2.98. The lowest BCUT2D eigenvalue weighted by Gasteiger charge is -2.32. The summed E-state index contributed by atoms with van der Waals surface area (Å²) in [6.45, 7) is 7.06. The summed E-state index contributed by atoms with van der Waals surface area (Å²) in [6.07, 6.45) is 2.65. The van der Waals surface area contributed by atoms with Crippen molar-refractivity contribution in [1.82, 2.24) is 10.2 Å². The van der Waals surface area contributed by atoms with Crippen molar-refractivity contribution in [2.24, 2.45) is 0 Å². The van der Waals surface area contributed by atoms with Crippen molar-refractivity contribution < 1.29 is 22.7 Å². The van der Waals surface area contributed by atoms with Crippen LogP contribution >= 0.6 is 11.8 Å². The van der Waals surface area contributed by atoms with Crippen molar-refractivity contribution >= 4 is 39.3 Å². The molecule has 0 unspecified atom stereocenters. The van der Waals surface area contributed by atoms with E-state index >= 15 is 0 Å². The molecule has 2 amide bonds. The molecule has 41 heavy (non-hydrogen) atoms. The molecule has 0 aliphatic carbocycles. The Kier molecular flexibility index (Phi) is 11.3. The second-order valence-electron chi connectivity index (χ2n) is 9.89. The van der Waals surface area contributed by atoms with Crippen molar-refractivity contribution in [3.8, 4) is 5.75 Å². The van der Waals surface area contributed by atoms with E-state index in [4.69, 9.17) is 4.74 Å². The van der Waals surface area contributed by atoms with Gasteiger partial charge >= 0.3 is 0 Å². The molecule has 3 aromatic rings. The number of carbonyl (C=O) groups excluding carboxylic acids is 2. The molecule has 0 saturated carbocycles. The van der Waals surface area contributed by atoms with Gasteiger partial charge in [0.05, 0.1) is 17.7 Å². The minimum Gasteiger partial charge on any atom is -0.497 e. The lowest BCUT2D eigenvalue weighted by atomic mass is 10.1. The maximum absolute atomic E-state index is 14.0. The predicted molar refractivity (Wildman–Crippen MR) is 165 cm³/mol. The highest BCUT2D eigenvalue weighted by atomic mass is 32.2. The van der Waals surface area contributed by atoms with Crippen LogP contribution in [0.1, 0.15) is 38.3 Å². The predicted octanol–water partition coefficient (Wildman–Crippen LogP) is 5.25. The van der Waals surface area contributed by atoms with Gasteiger partial charge in [0.25, 0.3) is 10.0 Å². The Morgan fingerprint density at radius 2 is 1.56 bits per heavy atom. The number of benzene rings is 3. The first-order valence-corrected chi connectivity index (χ1v) is 16.1. The van der Waals surface area contributed by atoms with Gasteiger partial charge < -0.3 is 15.0 Å². The Hall–Kier alpha value is -3.50. The normalized spacial score (nSPS) is 12.7. The Labute approximate surface area is 248 Å².